The predicted molar refractivity (Wildman–Crippen MR) is 194 cm³/mol. The maximum absolute atomic E-state index is 14.3. The summed E-state index contributed by atoms with van der Waals surface area (Å²) in [7, 11) is -2.64. The molecular weight excluding hydrogens is 745 g/mol. The van der Waals surface area contributed by atoms with Crippen LogP contribution in [-0.2, 0) is 20.0 Å². The zero-order chi connectivity index (χ0) is 30.4. The molecule has 0 amide bonds. The van der Waals surface area contributed by atoms with E-state index in [2.05, 4.69) is 28.5 Å². The van der Waals surface area contributed by atoms with E-state index >= 15 is 0 Å². The molecule has 0 radical (unpaired) electrons. The van der Waals surface area contributed by atoms with E-state index in [4.69, 9.17) is 0 Å². The molecule has 0 aliphatic heterocycles. The second-order valence-corrected chi connectivity index (χ2v) is 27.7. The molecule has 0 saturated heterocycles. The summed E-state index contributed by atoms with van der Waals surface area (Å²) in [4.78, 5) is 0. The minimum atomic E-state index is -1.95. The van der Waals surface area contributed by atoms with Crippen LogP contribution in [0.2, 0.25) is 0 Å². The summed E-state index contributed by atoms with van der Waals surface area (Å²) >= 11 is 6.00. The Hall–Kier alpha value is 1.91. The van der Waals surface area contributed by atoms with Gasteiger partial charge >= 0.3 is 39.3 Å². The molecule has 43 heavy (non-hydrogen) atoms. The summed E-state index contributed by atoms with van der Waals surface area (Å²) in [6.07, 6.45) is 40.2. The van der Waals surface area contributed by atoms with Crippen LogP contribution >= 0.6 is 42.7 Å². The normalized spacial score (nSPS) is 27.1. The summed E-state index contributed by atoms with van der Waals surface area (Å²) in [5, 5.41) is 0. The number of rotatable bonds is 6. The van der Waals surface area contributed by atoms with Crippen molar-refractivity contribution in [2.24, 2.45) is 0 Å². The molecule has 6 fully saturated rings. The number of halogens is 2. The van der Waals surface area contributed by atoms with Crippen LogP contribution in [0.1, 0.15) is 193 Å². The molecule has 6 aliphatic rings. The van der Waals surface area contributed by atoms with E-state index in [0.29, 0.717) is 34.0 Å². The molecule has 0 bridgehead atoms. The van der Waals surface area contributed by atoms with Gasteiger partial charge in [0, 0.05) is 34.0 Å². The first kappa shape index (κ1) is 37.7. The zero-order valence-corrected chi connectivity index (χ0v) is 33.4. The van der Waals surface area contributed by atoms with Gasteiger partial charge in [-0.3, -0.25) is 0 Å². The maximum atomic E-state index is 14.3. The Kier molecular flexibility index (Phi) is 17.9. The van der Waals surface area contributed by atoms with Crippen LogP contribution in [0.3, 0.4) is 0 Å². The second-order valence-electron chi connectivity index (χ2n) is 15.3. The first-order chi connectivity index (χ1) is 21.0. The fraction of sp³-hybridized carbons (Fsp3) is 1.00. The molecule has 2 nitrogen and oxygen atoms in total. The van der Waals surface area contributed by atoms with E-state index in [1.807, 2.05) is 0 Å². The van der Waals surface area contributed by atoms with E-state index in [1.54, 1.807) is 0 Å². The van der Waals surface area contributed by atoms with Gasteiger partial charge in [0.25, 0.3) is 0 Å². The van der Waals surface area contributed by atoms with Gasteiger partial charge in [0.05, 0.1) is 14.3 Å². The molecule has 6 rings (SSSR count). The van der Waals surface area contributed by atoms with E-state index in [9.17, 15) is 9.13 Å². The Morgan fingerprint density at radius 3 is 0.535 bits per heavy atom. The predicted octanol–water partition coefficient (Wildman–Crippen LogP) is 14.4. The molecule has 0 aromatic carbocycles. The van der Waals surface area contributed by atoms with Gasteiger partial charge in [0.15, 0.2) is 0 Å². The van der Waals surface area contributed by atoms with Gasteiger partial charge < -0.3 is 9.13 Å². The van der Waals surface area contributed by atoms with Gasteiger partial charge in [-0.2, -0.15) is 0 Å². The number of hydrogen-bond donors (Lipinski definition) is 0. The van der Waals surface area contributed by atoms with Crippen LogP contribution < -0.4 is 0 Å². The average Bonchev–Trinajstić information content (AvgIpc) is 3.10. The minimum absolute atomic E-state index is 0.627. The van der Waals surface area contributed by atoms with Crippen molar-refractivity contribution in [1.29, 1.82) is 0 Å². The van der Waals surface area contributed by atoms with E-state index in [-0.39, 0.29) is 0 Å². The zero-order valence-electron chi connectivity index (χ0n) is 27.5. The monoisotopic (exact) mass is 808 g/mol. The first-order valence-electron chi connectivity index (χ1n) is 19.1. The van der Waals surface area contributed by atoms with Gasteiger partial charge in [-0.15, -0.1) is 0 Å². The third-order valence-electron chi connectivity index (χ3n) is 12.9. The SMILES string of the molecule is O=P(C1CCCCC1)(C1CCCCC1)C1CCCCC1.O=P(C1CCCCC1)(C1CCCCC1)C1CCCCC1.[Br][Ni][Br]. The Morgan fingerprint density at radius 2 is 0.419 bits per heavy atom. The van der Waals surface area contributed by atoms with Crippen molar-refractivity contribution in [2.45, 2.75) is 227 Å². The molecule has 0 unspecified atom stereocenters. The van der Waals surface area contributed by atoms with Crippen molar-refractivity contribution in [3.05, 3.63) is 0 Å². The van der Waals surface area contributed by atoms with Gasteiger partial charge in [0.1, 0.15) is 0 Å². The van der Waals surface area contributed by atoms with E-state index in [1.165, 1.54) is 204 Å². The quantitative estimate of drug-likeness (QED) is 0.198. The summed E-state index contributed by atoms with van der Waals surface area (Å²) < 4.78 is 28.6. The van der Waals surface area contributed by atoms with Crippen LogP contribution in [0.15, 0.2) is 0 Å². The average molecular weight is 811 g/mol. The van der Waals surface area contributed by atoms with Crippen molar-refractivity contribution in [3.63, 3.8) is 0 Å². The van der Waals surface area contributed by atoms with Crippen molar-refractivity contribution < 1.29 is 20.0 Å². The summed E-state index contributed by atoms with van der Waals surface area (Å²) in [6, 6.07) is 0. The van der Waals surface area contributed by atoms with Gasteiger partial charge in [-0.05, 0) is 77.0 Å². The summed E-state index contributed by atoms with van der Waals surface area (Å²) in [6.45, 7) is 0. The standard InChI is InChI=1S/2C18H33OP.2BrH.Ni/c2*19-20(16-10-4-1-5-11-16,17-12-6-2-7-13-17)18-14-8-3-9-15-18;;;/h2*16-18H,1-15H2;2*1H;/q;;;;+2/p-2. The molecule has 6 saturated carbocycles. The molecule has 0 aromatic rings. The molecule has 0 aromatic heterocycles. The van der Waals surface area contributed by atoms with Crippen LogP contribution in [0.25, 0.3) is 0 Å². The third kappa shape index (κ3) is 10.5. The molecule has 256 valence electrons. The van der Waals surface area contributed by atoms with Crippen LogP contribution in [0, 0.1) is 0 Å². The van der Waals surface area contributed by atoms with Crippen LogP contribution in [-0.4, -0.2) is 34.0 Å². The molecule has 0 atom stereocenters. The van der Waals surface area contributed by atoms with E-state index in [0.717, 1.165) is 0 Å². The molecule has 7 heteroatoms. The van der Waals surface area contributed by atoms with Crippen LogP contribution in [0.4, 0.5) is 0 Å². The molecule has 0 N–H and O–H groups in total. The Bertz CT molecular complexity index is 664. The molecule has 0 spiro atoms. The fourth-order valence-corrected chi connectivity index (χ4v) is 21.3. The first-order valence-corrected chi connectivity index (χ1v) is 27.8. The fourth-order valence-electron chi connectivity index (χ4n) is 10.7. The Balaban J connectivity index is 0.000000181. The Labute approximate surface area is 287 Å². The summed E-state index contributed by atoms with van der Waals surface area (Å²) in [5.74, 6) is 0. The Morgan fingerprint density at radius 1 is 0.302 bits per heavy atom. The molecule has 6 aliphatic carbocycles. The third-order valence-corrected chi connectivity index (χ3v) is 22.8. The van der Waals surface area contributed by atoms with Gasteiger partial charge in [-0.1, -0.05) is 116 Å². The van der Waals surface area contributed by atoms with Crippen molar-refractivity contribution in [1.82, 2.24) is 0 Å². The van der Waals surface area contributed by atoms with Crippen molar-refractivity contribution >= 4 is 42.7 Å². The molecule has 0 heterocycles. The van der Waals surface area contributed by atoms with Crippen molar-refractivity contribution in [2.75, 3.05) is 0 Å². The second kappa shape index (κ2) is 20.4. The topological polar surface area (TPSA) is 34.1 Å². The van der Waals surface area contributed by atoms with Crippen LogP contribution in [0.5, 0.6) is 0 Å². The van der Waals surface area contributed by atoms with Gasteiger partial charge in [-0.25, -0.2) is 0 Å². The van der Waals surface area contributed by atoms with E-state index < -0.39 is 14.3 Å². The summed E-state index contributed by atoms with van der Waals surface area (Å²) in [5.41, 5.74) is 3.76. The molecular formula is C36H66Br2NiO2P2. The number of hydrogen-bond acceptors (Lipinski definition) is 2. The van der Waals surface area contributed by atoms with Crippen molar-refractivity contribution in [3.8, 4) is 0 Å². The van der Waals surface area contributed by atoms with Gasteiger partial charge in [0.2, 0.25) is 0 Å².